The van der Waals surface area contributed by atoms with Gasteiger partial charge >= 0.3 is 0 Å². The van der Waals surface area contributed by atoms with Crippen LogP contribution in [0, 0.1) is 11.3 Å². The van der Waals surface area contributed by atoms with Crippen LogP contribution in [0.2, 0.25) is 5.02 Å². The van der Waals surface area contributed by atoms with Crippen molar-refractivity contribution in [3.05, 3.63) is 50.7 Å². The van der Waals surface area contributed by atoms with Crippen molar-refractivity contribution in [2.45, 2.75) is 13.1 Å². The fourth-order valence-corrected chi connectivity index (χ4v) is 2.75. The van der Waals surface area contributed by atoms with Crippen molar-refractivity contribution in [2.24, 2.45) is 0 Å². The van der Waals surface area contributed by atoms with Gasteiger partial charge < -0.3 is 10.1 Å². The maximum absolute atomic E-state index is 8.77. The van der Waals surface area contributed by atoms with Gasteiger partial charge in [0.15, 0.2) is 0 Å². The summed E-state index contributed by atoms with van der Waals surface area (Å²) in [5, 5.41) is 12.8. The Labute approximate surface area is 121 Å². The number of benzene rings is 1. The molecule has 0 saturated heterocycles. The highest BCUT2D eigenvalue weighted by molar-refractivity contribution is 7.12. The SMILES string of the molecule is COc1cccc(Cl)c1CNCc1ccc(C#N)s1. The summed E-state index contributed by atoms with van der Waals surface area (Å²) in [5.74, 6) is 0.781. The average Bonchev–Trinajstić information content (AvgIpc) is 2.88. The Morgan fingerprint density at radius 3 is 2.84 bits per heavy atom. The maximum atomic E-state index is 8.77. The summed E-state index contributed by atoms with van der Waals surface area (Å²) >= 11 is 7.65. The molecule has 98 valence electrons. The minimum atomic E-state index is 0.628. The summed E-state index contributed by atoms with van der Waals surface area (Å²) in [6, 6.07) is 11.5. The fraction of sp³-hybridized carbons (Fsp3) is 0.214. The predicted molar refractivity (Wildman–Crippen MR) is 77.6 cm³/mol. The Bertz CT molecular complexity index is 604. The van der Waals surface area contributed by atoms with E-state index in [4.69, 9.17) is 21.6 Å². The smallest absolute Gasteiger partial charge is 0.124 e. The molecule has 0 fully saturated rings. The minimum absolute atomic E-state index is 0.628. The Morgan fingerprint density at radius 2 is 2.16 bits per heavy atom. The van der Waals surface area contributed by atoms with Crippen LogP contribution in [0.1, 0.15) is 15.3 Å². The first-order valence-corrected chi connectivity index (χ1v) is 6.95. The molecule has 1 aromatic carbocycles. The molecule has 0 bridgehead atoms. The van der Waals surface area contributed by atoms with E-state index in [1.165, 1.54) is 11.3 Å². The first-order valence-electron chi connectivity index (χ1n) is 5.75. The maximum Gasteiger partial charge on any atom is 0.124 e. The van der Waals surface area contributed by atoms with Crippen molar-refractivity contribution in [1.29, 1.82) is 5.26 Å². The normalized spacial score (nSPS) is 10.2. The molecule has 0 amide bonds. The zero-order valence-electron chi connectivity index (χ0n) is 10.4. The highest BCUT2D eigenvalue weighted by Gasteiger charge is 2.07. The number of halogens is 1. The molecule has 1 aromatic heterocycles. The van der Waals surface area contributed by atoms with E-state index in [-0.39, 0.29) is 0 Å². The number of ether oxygens (including phenoxy) is 1. The molecule has 0 aliphatic heterocycles. The molecule has 0 unspecified atom stereocenters. The van der Waals surface area contributed by atoms with Gasteiger partial charge in [-0.3, -0.25) is 0 Å². The van der Waals surface area contributed by atoms with Crippen molar-refractivity contribution in [2.75, 3.05) is 7.11 Å². The molecule has 3 nitrogen and oxygen atoms in total. The molecule has 0 saturated carbocycles. The number of methoxy groups -OCH3 is 1. The Morgan fingerprint density at radius 1 is 1.32 bits per heavy atom. The number of rotatable bonds is 5. The van der Waals surface area contributed by atoms with E-state index in [1.54, 1.807) is 7.11 Å². The molecule has 1 heterocycles. The topological polar surface area (TPSA) is 45.0 Å². The van der Waals surface area contributed by atoms with Crippen LogP contribution in [-0.4, -0.2) is 7.11 Å². The average molecular weight is 293 g/mol. The van der Waals surface area contributed by atoms with Gasteiger partial charge in [0.2, 0.25) is 0 Å². The summed E-state index contributed by atoms with van der Waals surface area (Å²) in [4.78, 5) is 1.86. The van der Waals surface area contributed by atoms with Crippen molar-refractivity contribution < 1.29 is 4.74 Å². The van der Waals surface area contributed by atoms with E-state index < -0.39 is 0 Å². The van der Waals surface area contributed by atoms with E-state index >= 15 is 0 Å². The summed E-state index contributed by atoms with van der Waals surface area (Å²) < 4.78 is 5.29. The lowest BCUT2D eigenvalue weighted by molar-refractivity contribution is 0.408. The Kier molecular flexibility index (Phi) is 4.80. The summed E-state index contributed by atoms with van der Waals surface area (Å²) in [7, 11) is 1.63. The lowest BCUT2D eigenvalue weighted by Crippen LogP contribution is -2.12. The van der Waals surface area contributed by atoms with Gasteiger partial charge in [0.05, 0.1) is 7.11 Å². The van der Waals surface area contributed by atoms with E-state index in [2.05, 4.69) is 11.4 Å². The molecular formula is C14H13ClN2OS. The molecule has 0 aliphatic rings. The zero-order valence-corrected chi connectivity index (χ0v) is 12.0. The number of hydrogen-bond donors (Lipinski definition) is 1. The van der Waals surface area contributed by atoms with Crippen molar-refractivity contribution >= 4 is 22.9 Å². The molecule has 0 atom stereocenters. The highest BCUT2D eigenvalue weighted by atomic mass is 35.5. The second-order valence-electron chi connectivity index (χ2n) is 3.90. The molecule has 0 spiro atoms. The zero-order chi connectivity index (χ0) is 13.7. The van der Waals surface area contributed by atoms with Crippen LogP contribution in [0.25, 0.3) is 0 Å². The fourth-order valence-electron chi connectivity index (χ4n) is 1.75. The molecule has 2 aromatic rings. The van der Waals surface area contributed by atoms with Crippen LogP contribution in [0.3, 0.4) is 0 Å². The number of nitriles is 1. The first-order chi connectivity index (χ1) is 9.24. The van der Waals surface area contributed by atoms with Crippen molar-refractivity contribution in [1.82, 2.24) is 5.32 Å². The number of hydrogen-bond acceptors (Lipinski definition) is 4. The third kappa shape index (κ3) is 3.48. The number of nitrogens with one attached hydrogen (secondary N) is 1. The van der Waals surface area contributed by atoms with Crippen molar-refractivity contribution in [3.63, 3.8) is 0 Å². The minimum Gasteiger partial charge on any atom is -0.496 e. The predicted octanol–water partition coefficient (Wildman–Crippen LogP) is 3.57. The largest absolute Gasteiger partial charge is 0.496 e. The van der Waals surface area contributed by atoms with E-state index in [0.717, 1.165) is 21.1 Å². The van der Waals surface area contributed by atoms with Crippen LogP contribution in [0.5, 0.6) is 5.75 Å². The molecule has 0 aliphatic carbocycles. The van der Waals surface area contributed by atoms with Crippen LogP contribution in [0.4, 0.5) is 0 Å². The number of nitrogens with zero attached hydrogens (tertiary/aromatic N) is 1. The number of thiophene rings is 1. The van der Waals surface area contributed by atoms with Gasteiger partial charge in [0.1, 0.15) is 16.7 Å². The monoisotopic (exact) mass is 292 g/mol. The van der Waals surface area contributed by atoms with E-state index in [9.17, 15) is 0 Å². The highest BCUT2D eigenvalue weighted by Crippen LogP contribution is 2.26. The van der Waals surface area contributed by atoms with Crippen LogP contribution in [-0.2, 0) is 13.1 Å². The second-order valence-corrected chi connectivity index (χ2v) is 5.48. The quantitative estimate of drug-likeness (QED) is 0.916. The van der Waals surface area contributed by atoms with Gasteiger partial charge in [-0.05, 0) is 24.3 Å². The molecule has 1 N–H and O–H groups in total. The summed E-state index contributed by atoms with van der Waals surface area (Å²) in [6.45, 7) is 1.34. The van der Waals surface area contributed by atoms with Gasteiger partial charge in [0.25, 0.3) is 0 Å². The Balaban J connectivity index is 1.98. The van der Waals surface area contributed by atoms with E-state index in [0.29, 0.717) is 18.1 Å². The van der Waals surface area contributed by atoms with Gasteiger partial charge in [-0.1, -0.05) is 17.7 Å². The molecule has 5 heteroatoms. The lowest BCUT2D eigenvalue weighted by Gasteiger charge is -2.10. The summed E-state index contributed by atoms with van der Waals surface area (Å²) in [6.07, 6.45) is 0. The van der Waals surface area contributed by atoms with Gasteiger partial charge in [-0.15, -0.1) is 11.3 Å². The molecule has 0 radical (unpaired) electrons. The van der Waals surface area contributed by atoms with Crippen LogP contribution in [0.15, 0.2) is 30.3 Å². The third-order valence-corrected chi connectivity index (χ3v) is 4.01. The Hall–Kier alpha value is -1.54. The third-order valence-electron chi connectivity index (χ3n) is 2.67. The standard InChI is InChI=1S/C14H13ClN2OS/c1-18-14-4-2-3-13(15)12(14)9-17-8-11-6-5-10(7-16)19-11/h2-6,17H,8-9H2,1H3. The molecule has 2 rings (SSSR count). The van der Waals surface area contributed by atoms with Gasteiger partial charge in [-0.25, -0.2) is 0 Å². The van der Waals surface area contributed by atoms with Crippen molar-refractivity contribution in [3.8, 4) is 11.8 Å². The van der Waals surface area contributed by atoms with Gasteiger partial charge in [-0.2, -0.15) is 5.26 Å². The van der Waals surface area contributed by atoms with Gasteiger partial charge in [0, 0.05) is 28.6 Å². The van der Waals surface area contributed by atoms with Crippen LogP contribution < -0.4 is 10.1 Å². The first kappa shape index (κ1) is 13.9. The molecule has 19 heavy (non-hydrogen) atoms. The summed E-state index contributed by atoms with van der Waals surface area (Å²) in [5.41, 5.74) is 0.948. The van der Waals surface area contributed by atoms with E-state index in [1.807, 2.05) is 30.3 Å². The lowest BCUT2D eigenvalue weighted by atomic mass is 10.2. The second kappa shape index (κ2) is 6.58. The van der Waals surface area contributed by atoms with Crippen LogP contribution >= 0.6 is 22.9 Å². The molecular weight excluding hydrogens is 280 g/mol.